The monoisotopic (exact) mass is 297 g/mol. The molecule has 0 aliphatic rings. The van der Waals surface area contributed by atoms with E-state index in [-0.39, 0.29) is 12.1 Å². The van der Waals surface area contributed by atoms with Crippen molar-refractivity contribution in [1.29, 1.82) is 0 Å². The van der Waals surface area contributed by atoms with E-state index in [9.17, 15) is 9.18 Å². The van der Waals surface area contributed by atoms with E-state index in [0.29, 0.717) is 4.47 Å². The van der Waals surface area contributed by atoms with Gasteiger partial charge in [0.15, 0.2) is 0 Å². The zero-order chi connectivity index (χ0) is 12.3. The largest absolute Gasteiger partial charge is 0.347 e. The van der Waals surface area contributed by atoms with Gasteiger partial charge in [0.05, 0.1) is 24.1 Å². The van der Waals surface area contributed by atoms with Crippen LogP contribution in [0.2, 0.25) is 0 Å². The second-order valence-corrected chi connectivity index (χ2v) is 4.30. The Hall–Kier alpha value is -1.69. The number of rotatable bonds is 3. The predicted octanol–water partition coefficient (Wildman–Crippen LogP) is 2.24. The van der Waals surface area contributed by atoms with Crippen molar-refractivity contribution >= 4 is 21.8 Å². The minimum atomic E-state index is -0.546. The Balaban J connectivity index is 2.07. The molecule has 0 saturated carbocycles. The maximum atomic E-state index is 13.4. The van der Waals surface area contributed by atoms with Crippen molar-refractivity contribution in [2.75, 3.05) is 0 Å². The number of hydrogen-bond acceptors (Lipinski definition) is 2. The van der Waals surface area contributed by atoms with Gasteiger partial charge in [-0.05, 0) is 18.2 Å². The van der Waals surface area contributed by atoms with Crippen LogP contribution in [0, 0.1) is 5.82 Å². The Morgan fingerprint density at radius 2 is 2.35 bits per heavy atom. The smallest absolute Gasteiger partial charge is 0.254 e. The highest BCUT2D eigenvalue weighted by molar-refractivity contribution is 9.10. The average Bonchev–Trinajstić information content (AvgIpc) is 2.82. The van der Waals surface area contributed by atoms with Crippen LogP contribution in [-0.2, 0) is 6.54 Å². The molecule has 0 atom stereocenters. The van der Waals surface area contributed by atoms with Gasteiger partial charge in [0.1, 0.15) is 5.82 Å². The second kappa shape index (κ2) is 5.09. The van der Waals surface area contributed by atoms with Gasteiger partial charge in [-0.15, -0.1) is 0 Å². The van der Waals surface area contributed by atoms with Gasteiger partial charge in [-0.1, -0.05) is 15.9 Å². The summed E-state index contributed by atoms with van der Waals surface area (Å²) in [6.45, 7) is 0.283. The van der Waals surface area contributed by atoms with E-state index in [2.05, 4.69) is 31.2 Å². The topological polar surface area (TPSA) is 57.8 Å². The van der Waals surface area contributed by atoms with E-state index in [0.717, 1.165) is 5.69 Å². The fraction of sp³-hybridized carbons (Fsp3) is 0.0909. The summed E-state index contributed by atoms with van der Waals surface area (Å²) in [5.41, 5.74) is 0.771. The van der Waals surface area contributed by atoms with E-state index in [1.54, 1.807) is 12.3 Å². The summed E-state index contributed by atoms with van der Waals surface area (Å²) in [6, 6.07) is 4.23. The normalized spacial score (nSPS) is 10.2. The molecule has 2 N–H and O–H groups in total. The standard InChI is InChI=1S/C11H9BrFN3O/c12-7-1-2-10(13)9(3-7)11(17)15-5-8-4-14-6-16-8/h1-4,6H,5H2,(H,14,16)(H,15,17). The van der Waals surface area contributed by atoms with Crippen LogP contribution in [0.25, 0.3) is 0 Å². The van der Waals surface area contributed by atoms with E-state index < -0.39 is 11.7 Å². The number of hydrogen-bond donors (Lipinski definition) is 2. The van der Waals surface area contributed by atoms with Gasteiger partial charge in [0.25, 0.3) is 5.91 Å². The molecule has 2 aromatic rings. The summed E-state index contributed by atoms with van der Waals surface area (Å²) < 4.78 is 14.0. The van der Waals surface area contributed by atoms with Gasteiger partial charge in [-0.2, -0.15) is 0 Å². The molecule has 2 rings (SSSR count). The quantitative estimate of drug-likeness (QED) is 0.913. The predicted molar refractivity (Wildman–Crippen MR) is 63.9 cm³/mol. The minimum Gasteiger partial charge on any atom is -0.347 e. The first-order chi connectivity index (χ1) is 8.16. The van der Waals surface area contributed by atoms with Gasteiger partial charge in [-0.25, -0.2) is 9.37 Å². The van der Waals surface area contributed by atoms with E-state index in [4.69, 9.17) is 0 Å². The van der Waals surface area contributed by atoms with Crippen LogP contribution < -0.4 is 5.32 Å². The number of halogens is 2. The number of aromatic nitrogens is 2. The molecule has 1 heterocycles. The molecule has 0 fully saturated rings. The van der Waals surface area contributed by atoms with Gasteiger partial charge in [-0.3, -0.25) is 4.79 Å². The SMILES string of the molecule is O=C(NCc1cnc[nH]1)c1cc(Br)ccc1F. The van der Waals surface area contributed by atoms with Crippen LogP contribution in [0.15, 0.2) is 35.2 Å². The summed E-state index contributed by atoms with van der Waals surface area (Å²) in [5.74, 6) is -1.01. The Bertz CT molecular complexity index is 528. The molecule has 0 aliphatic carbocycles. The lowest BCUT2D eigenvalue weighted by atomic mass is 10.2. The number of nitrogens with zero attached hydrogens (tertiary/aromatic N) is 1. The minimum absolute atomic E-state index is 0.0129. The number of benzene rings is 1. The molecular weight excluding hydrogens is 289 g/mol. The van der Waals surface area contributed by atoms with Gasteiger partial charge in [0.2, 0.25) is 0 Å². The molecule has 17 heavy (non-hydrogen) atoms. The molecule has 0 bridgehead atoms. The maximum absolute atomic E-state index is 13.4. The second-order valence-electron chi connectivity index (χ2n) is 3.38. The average molecular weight is 298 g/mol. The lowest BCUT2D eigenvalue weighted by Gasteiger charge is -2.05. The maximum Gasteiger partial charge on any atom is 0.254 e. The number of carbonyl (C=O) groups excluding carboxylic acids is 1. The molecule has 0 aliphatic heterocycles. The Morgan fingerprint density at radius 1 is 1.53 bits per heavy atom. The Labute approximate surface area is 105 Å². The van der Waals surface area contributed by atoms with Crippen LogP contribution in [0.1, 0.15) is 16.1 Å². The molecule has 6 heteroatoms. The number of amides is 1. The zero-order valence-electron chi connectivity index (χ0n) is 8.71. The summed E-state index contributed by atoms with van der Waals surface area (Å²) in [4.78, 5) is 18.4. The van der Waals surface area contributed by atoms with Crippen LogP contribution >= 0.6 is 15.9 Å². The molecule has 1 aromatic heterocycles. The molecule has 0 saturated heterocycles. The lowest BCUT2D eigenvalue weighted by molar-refractivity contribution is 0.0946. The summed E-state index contributed by atoms with van der Waals surface area (Å²) in [7, 11) is 0. The fourth-order valence-corrected chi connectivity index (χ4v) is 1.68. The molecule has 88 valence electrons. The van der Waals surface area contributed by atoms with E-state index in [1.807, 2.05) is 0 Å². The summed E-state index contributed by atoms with van der Waals surface area (Å²) >= 11 is 3.19. The number of carbonyl (C=O) groups is 1. The highest BCUT2D eigenvalue weighted by Crippen LogP contribution is 2.15. The van der Waals surface area contributed by atoms with Gasteiger partial charge >= 0.3 is 0 Å². The summed E-state index contributed by atoms with van der Waals surface area (Å²) in [6.07, 6.45) is 3.11. The third-order valence-electron chi connectivity index (χ3n) is 2.17. The first-order valence-corrected chi connectivity index (χ1v) is 5.66. The zero-order valence-corrected chi connectivity index (χ0v) is 10.3. The van der Waals surface area contributed by atoms with E-state index in [1.165, 1.54) is 18.5 Å². The molecule has 0 radical (unpaired) electrons. The van der Waals surface area contributed by atoms with Gasteiger partial charge < -0.3 is 10.3 Å². The molecule has 0 unspecified atom stereocenters. The number of nitrogens with one attached hydrogen (secondary N) is 2. The molecule has 4 nitrogen and oxygen atoms in total. The van der Waals surface area contributed by atoms with Gasteiger partial charge in [0, 0.05) is 10.7 Å². The molecular formula is C11H9BrFN3O. The van der Waals surface area contributed by atoms with Crippen molar-refractivity contribution in [3.8, 4) is 0 Å². The third-order valence-corrected chi connectivity index (χ3v) is 2.66. The lowest BCUT2D eigenvalue weighted by Crippen LogP contribution is -2.24. The third kappa shape index (κ3) is 2.91. The highest BCUT2D eigenvalue weighted by Gasteiger charge is 2.11. The Morgan fingerprint density at radius 3 is 3.06 bits per heavy atom. The van der Waals surface area contributed by atoms with E-state index >= 15 is 0 Å². The van der Waals surface area contributed by atoms with Crippen LogP contribution in [0.5, 0.6) is 0 Å². The first kappa shape index (κ1) is 11.8. The number of aromatic amines is 1. The number of imidazole rings is 1. The van der Waals surface area contributed by atoms with Crippen molar-refractivity contribution < 1.29 is 9.18 Å². The van der Waals surface area contributed by atoms with Crippen molar-refractivity contribution in [2.24, 2.45) is 0 Å². The fourth-order valence-electron chi connectivity index (χ4n) is 1.32. The van der Waals surface area contributed by atoms with Crippen molar-refractivity contribution in [3.63, 3.8) is 0 Å². The van der Waals surface area contributed by atoms with Crippen LogP contribution in [0.4, 0.5) is 4.39 Å². The van der Waals surface area contributed by atoms with Crippen LogP contribution in [0.3, 0.4) is 0 Å². The summed E-state index contributed by atoms with van der Waals surface area (Å²) in [5, 5.41) is 2.60. The van der Waals surface area contributed by atoms with Crippen molar-refractivity contribution in [3.05, 3.63) is 52.3 Å². The Kier molecular flexibility index (Phi) is 3.53. The van der Waals surface area contributed by atoms with Crippen molar-refractivity contribution in [1.82, 2.24) is 15.3 Å². The molecule has 0 spiro atoms. The first-order valence-electron chi connectivity index (χ1n) is 4.87. The van der Waals surface area contributed by atoms with Crippen molar-refractivity contribution in [2.45, 2.75) is 6.54 Å². The number of H-pyrrole nitrogens is 1. The highest BCUT2D eigenvalue weighted by atomic mass is 79.9. The molecule has 1 amide bonds. The molecule has 1 aromatic carbocycles. The van der Waals surface area contributed by atoms with Crippen LogP contribution in [-0.4, -0.2) is 15.9 Å².